The number of aliphatic hydroxyl groups is 2. The van der Waals surface area contributed by atoms with E-state index >= 15 is 0 Å². The summed E-state index contributed by atoms with van der Waals surface area (Å²) in [4.78, 5) is 46.6. The van der Waals surface area contributed by atoms with Gasteiger partial charge < -0.3 is 44.3 Å². The second-order valence-electron chi connectivity index (χ2n) is 10.7. The summed E-state index contributed by atoms with van der Waals surface area (Å²) in [6, 6.07) is 3.67. The molecule has 0 radical (unpaired) electrons. The summed E-state index contributed by atoms with van der Waals surface area (Å²) in [5.74, 6) is -5.03. The lowest BCUT2D eigenvalue weighted by molar-refractivity contribution is -0.192. The van der Waals surface area contributed by atoms with Gasteiger partial charge in [0.05, 0.1) is 24.5 Å². The number of piperidine rings is 1. The molecule has 1 fully saturated rings. The van der Waals surface area contributed by atoms with Crippen LogP contribution in [0.2, 0.25) is 0 Å². The van der Waals surface area contributed by atoms with Crippen LogP contribution < -0.4 is 9.47 Å². The third kappa shape index (κ3) is 5.38. The summed E-state index contributed by atoms with van der Waals surface area (Å²) in [5, 5.41) is 37.7. The third-order valence-electron chi connectivity index (χ3n) is 8.28. The molecule has 1 aromatic carbocycles. The number of hydrogen-bond donors (Lipinski definition) is 4. The number of likely N-dealkylation sites (N-methyl/N-ethyl adjacent to an activating group) is 1. The van der Waals surface area contributed by atoms with Crippen LogP contribution >= 0.6 is 0 Å². The van der Waals surface area contributed by atoms with Gasteiger partial charge in [0.1, 0.15) is 5.76 Å². The van der Waals surface area contributed by atoms with E-state index in [2.05, 4.69) is 4.90 Å². The number of carbonyl (C=O) groups excluding carboxylic acids is 2. The molecule has 6 atom stereocenters. The Morgan fingerprint density at radius 2 is 1.84 bits per heavy atom. The summed E-state index contributed by atoms with van der Waals surface area (Å²) >= 11 is 0. The Labute approximate surface area is 242 Å². The van der Waals surface area contributed by atoms with Crippen molar-refractivity contribution in [2.45, 2.75) is 74.2 Å². The van der Waals surface area contributed by atoms with Gasteiger partial charge in [-0.3, -0.25) is 4.79 Å². The van der Waals surface area contributed by atoms with Gasteiger partial charge in [-0.05, 0) is 51.1 Å². The van der Waals surface area contributed by atoms with Crippen LogP contribution in [0.15, 0.2) is 24.0 Å². The number of methoxy groups -OCH3 is 1. The van der Waals surface area contributed by atoms with Crippen molar-refractivity contribution in [2.75, 3.05) is 20.7 Å². The van der Waals surface area contributed by atoms with E-state index in [4.69, 9.17) is 34.0 Å². The number of benzene rings is 1. The zero-order chi connectivity index (χ0) is 32.1. The first-order valence-electron chi connectivity index (χ1n) is 13.1. The number of nitrogens with zero attached hydrogens (tertiary/aromatic N) is 1. The minimum absolute atomic E-state index is 0.159. The van der Waals surface area contributed by atoms with E-state index in [1.807, 2.05) is 19.2 Å². The van der Waals surface area contributed by atoms with E-state index in [-0.39, 0.29) is 18.2 Å². The highest BCUT2D eigenvalue weighted by Crippen LogP contribution is 2.65. The maximum atomic E-state index is 12.9. The maximum absolute atomic E-state index is 12.9. The SMILES string of the molecule is COc1ccc2c3c1O[C@H]1C(OC(=O)C(C)OC(=O)C(O)CC(=O)O)=CC[C@@]4(O)[C@@H](C2)N(C)CC[C@]314.O=C(O)C(F)(F)F. The minimum atomic E-state index is -5.08. The first-order chi connectivity index (χ1) is 20.0. The second kappa shape index (κ2) is 11.3. The highest BCUT2D eigenvalue weighted by atomic mass is 19.4. The molecule has 13 nitrogen and oxygen atoms in total. The fourth-order valence-corrected chi connectivity index (χ4v) is 6.34. The Kier molecular flexibility index (Phi) is 8.43. The van der Waals surface area contributed by atoms with Crippen LogP contribution in [0.25, 0.3) is 0 Å². The fourth-order valence-electron chi connectivity index (χ4n) is 6.34. The molecule has 2 bridgehead atoms. The van der Waals surface area contributed by atoms with Crippen molar-refractivity contribution < 1.29 is 71.7 Å². The van der Waals surface area contributed by atoms with Gasteiger partial charge >= 0.3 is 30.1 Å². The molecule has 1 aromatic rings. The number of carboxylic acids is 2. The molecule has 2 aliphatic carbocycles. The Morgan fingerprint density at radius 1 is 1.19 bits per heavy atom. The molecule has 0 amide bonds. The predicted molar refractivity (Wildman–Crippen MR) is 135 cm³/mol. The van der Waals surface area contributed by atoms with Crippen molar-refractivity contribution in [1.82, 2.24) is 4.90 Å². The normalized spacial score (nSPS) is 28.0. The van der Waals surface area contributed by atoms with Gasteiger partial charge in [-0.2, -0.15) is 13.2 Å². The molecule has 0 aromatic heterocycles. The standard InChI is InChI=1S/C25H29NO10.C2HF3O2/c1-12(34-23(31)14(27)11-18(28)29)22(30)35-16-6-7-25(32)17-10-13-4-5-15(33-3)20-19(13)24(25,21(16)36-20)8-9-26(17)2;3-2(4,5)1(6)7/h4-6,12,14,17,21,27,32H,7-11H2,1-3H3,(H,28,29);(H,6,7)/t12?,14?,17-,21+,24+,25-;/m1./s1. The molecule has 2 unspecified atom stereocenters. The first-order valence-corrected chi connectivity index (χ1v) is 13.1. The van der Waals surface area contributed by atoms with E-state index in [0.29, 0.717) is 30.9 Å². The number of likely N-dealkylation sites (tertiary alicyclic amines) is 1. The quantitative estimate of drug-likeness (QED) is 0.317. The average Bonchev–Trinajstić information content (AvgIpc) is 3.27. The number of ether oxygens (including phenoxy) is 4. The van der Waals surface area contributed by atoms with Crippen LogP contribution in [0.3, 0.4) is 0 Å². The third-order valence-corrected chi connectivity index (χ3v) is 8.28. The molecule has 5 rings (SSSR count). The molecular formula is C27H30F3NO12. The van der Waals surface area contributed by atoms with Crippen LogP contribution in [0.4, 0.5) is 13.2 Å². The summed E-state index contributed by atoms with van der Waals surface area (Å²) in [6.45, 7) is 1.98. The van der Waals surface area contributed by atoms with Crippen LogP contribution in [-0.4, -0.2) is 106 Å². The number of hydrogen-bond acceptors (Lipinski definition) is 11. The second-order valence-corrected chi connectivity index (χ2v) is 10.7. The summed E-state index contributed by atoms with van der Waals surface area (Å²) in [5.41, 5.74) is -0.0817. The maximum Gasteiger partial charge on any atom is 0.490 e. The number of rotatable bonds is 7. The number of carbonyl (C=O) groups is 4. The molecule has 1 saturated heterocycles. The topological polar surface area (TPSA) is 189 Å². The van der Waals surface area contributed by atoms with E-state index in [9.17, 15) is 37.8 Å². The monoisotopic (exact) mass is 617 g/mol. The highest BCUT2D eigenvalue weighted by Gasteiger charge is 2.72. The molecule has 1 spiro atoms. The lowest BCUT2D eigenvalue weighted by Crippen LogP contribution is -2.74. The van der Waals surface area contributed by atoms with Crippen molar-refractivity contribution in [2.24, 2.45) is 0 Å². The Balaban J connectivity index is 0.000000541. The number of carboxylic acid groups (broad SMARTS) is 2. The molecular weight excluding hydrogens is 587 g/mol. The molecule has 236 valence electrons. The van der Waals surface area contributed by atoms with Gasteiger partial charge in [0.15, 0.2) is 29.8 Å². The number of aliphatic hydroxyl groups excluding tert-OH is 1. The van der Waals surface area contributed by atoms with Crippen LogP contribution in [0, 0.1) is 0 Å². The number of halogens is 3. The van der Waals surface area contributed by atoms with Gasteiger partial charge in [0.25, 0.3) is 0 Å². The average molecular weight is 618 g/mol. The molecule has 2 aliphatic heterocycles. The molecule has 4 aliphatic rings. The van der Waals surface area contributed by atoms with E-state index in [1.54, 1.807) is 13.2 Å². The molecule has 0 saturated carbocycles. The number of alkyl halides is 3. The zero-order valence-corrected chi connectivity index (χ0v) is 23.2. The predicted octanol–water partition coefficient (Wildman–Crippen LogP) is 0.917. The summed E-state index contributed by atoms with van der Waals surface area (Å²) in [7, 11) is 3.53. The van der Waals surface area contributed by atoms with Crippen molar-refractivity contribution in [3.8, 4) is 11.5 Å². The Bertz CT molecular complexity index is 1360. The minimum Gasteiger partial charge on any atom is -0.493 e. The van der Waals surface area contributed by atoms with Gasteiger partial charge in [-0.1, -0.05) is 6.07 Å². The van der Waals surface area contributed by atoms with Gasteiger partial charge in [0.2, 0.25) is 0 Å². The zero-order valence-electron chi connectivity index (χ0n) is 23.2. The van der Waals surface area contributed by atoms with Gasteiger partial charge in [-0.25, -0.2) is 14.4 Å². The Morgan fingerprint density at radius 3 is 2.42 bits per heavy atom. The fraction of sp³-hybridized carbons (Fsp3) is 0.556. The lowest BCUT2D eigenvalue weighted by atomic mass is 9.50. The number of aliphatic carboxylic acids is 2. The molecule has 43 heavy (non-hydrogen) atoms. The van der Waals surface area contributed by atoms with Crippen LogP contribution in [-0.2, 0) is 40.5 Å². The van der Waals surface area contributed by atoms with E-state index < -0.39 is 65.8 Å². The van der Waals surface area contributed by atoms with Crippen molar-refractivity contribution in [3.63, 3.8) is 0 Å². The summed E-state index contributed by atoms with van der Waals surface area (Å²) < 4.78 is 54.3. The molecule has 2 heterocycles. The van der Waals surface area contributed by atoms with Crippen molar-refractivity contribution in [1.29, 1.82) is 0 Å². The van der Waals surface area contributed by atoms with Crippen LogP contribution in [0.1, 0.15) is 37.3 Å². The molecule has 16 heteroatoms. The van der Waals surface area contributed by atoms with Crippen molar-refractivity contribution >= 4 is 23.9 Å². The summed E-state index contributed by atoms with van der Waals surface area (Å²) in [6.07, 6.45) is -6.97. The van der Waals surface area contributed by atoms with E-state index in [0.717, 1.165) is 11.1 Å². The Hall–Kier alpha value is -3.89. The largest absolute Gasteiger partial charge is 0.493 e. The van der Waals surface area contributed by atoms with Gasteiger partial charge in [-0.15, -0.1) is 0 Å². The van der Waals surface area contributed by atoms with Gasteiger partial charge in [0, 0.05) is 18.0 Å². The van der Waals surface area contributed by atoms with Crippen molar-refractivity contribution in [3.05, 3.63) is 35.1 Å². The first kappa shape index (κ1) is 32.0. The number of esters is 2. The smallest absolute Gasteiger partial charge is 0.490 e. The van der Waals surface area contributed by atoms with E-state index in [1.165, 1.54) is 6.92 Å². The highest BCUT2D eigenvalue weighted by molar-refractivity contribution is 5.84. The molecule has 4 N–H and O–H groups in total. The van der Waals surface area contributed by atoms with Crippen LogP contribution in [0.5, 0.6) is 11.5 Å². The lowest BCUT2D eigenvalue weighted by Gasteiger charge is -2.61.